The number of aromatic nitrogens is 1. The molecule has 6 heteroatoms. The van der Waals surface area contributed by atoms with Gasteiger partial charge < -0.3 is 14.4 Å². The van der Waals surface area contributed by atoms with Crippen LogP contribution >= 0.6 is 11.6 Å². The summed E-state index contributed by atoms with van der Waals surface area (Å²) in [6, 6.07) is 12.0. The van der Waals surface area contributed by atoms with Crippen molar-refractivity contribution in [2.45, 2.75) is 53.0 Å². The van der Waals surface area contributed by atoms with Crippen LogP contribution in [0.4, 0.5) is 0 Å². The molecule has 1 fully saturated rings. The second kappa shape index (κ2) is 9.22. The lowest BCUT2D eigenvalue weighted by molar-refractivity contribution is -0.153. The topological polar surface area (TPSA) is 68.5 Å². The zero-order valence-corrected chi connectivity index (χ0v) is 20.1. The number of hydrogen-bond donors (Lipinski definition) is 1. The van der Waals surface area contributed by atoms with Crippen LogP contribution in [-0.2, 0) is 22.5 Å². The van der Waals surface area contributed by atoms with Gasteiger partial charge in [-0.3, -0.25) is 9.59 Å². The standard InChI is InChI=1S/C27H30ClNO4/c1-4-33-26(32)27(2,3)15-23-24(25(31)18-8-10-19(28)11-9-18)21-13-12-20(30)14-22(21)29(23)16-17-6-5-7-17/h8-14,17,30H,4-7,15-16H2,1-3H3. The fraction of sp³-hybridized carbons (Fsp3) is 0.407. The molecule has 0 bridgehead atoms. The molecular weight excluding hydrogens is 438 g/mol. The SMILES string of the molecule is CCOC(=O)C(C)(C)Cc1c(C(=O)c2ccc(Cl)cc2)c2ccc(O)cc2n1CC1CCC1. The summed E-state index contributed by atoms with van der Waals surface area (Å²) >= 11 is 6.05. The third kappa shape index (κ3) is 4.65. The van der Waals surface area contributed by atoms with Gasteiger partial charge in [0.15, 0.2) is 5.78 Å². The summed E-state index contributed by atoms with van der Waals surface area (Å²) in [7, 11) is 0. The maximum Gasteiger partial charge on any atom is 0.311 e. The molecule has 3 aromatic rings. The van der Waals surface area contributed by atoms with Gasteiger partial charge in [0.25, 0.3) is 0 Å². The van der Waals surface area contributed by atoms with Crippen molar-refractivity contribution in [1.82, 2.24) is 4.57 Å². The second-order valence-corrected chi connectivity index (χ2v) is 9.98. The number of rotatable bonds is 8. The number of carbonyl (C=O) groups is 2. The van der Waals surface area contributed by atoms with Crippen molar-refractivity contribution in [2.75, 3.05) is 6.61 Å². The maximum absolute atomic E-state index is 13.8. The molecule has 1 aliphatic rings. The van der Waals surface area contributed by atoms with E-state index in [0.717, 1.165) is 36.0 Å². The van der Waals surface area contributed by atoms with Gasteiger partial charge >= 0.3 is 5.97 Å². The minimum atomic E-state index is -0.821. The van der Waals surface area contributed by atoms with Crippen molar-refractivity contribution < 1.29 is 19.4 Å². The van der Waals surface area contributed by atoms with Crippen LogP contribution in [0.3, 0.4) is 0 Å². The zero-order chi connectivity index (χ0) is 23.8. The quantitative estimate of drug-likeness (QED) is 0.318. The number of ketones is 1. The molecule has 1 N–H and O–H groups in total. The number of carbonyl (C=O) groups excluding carboxylic acids is 2. The third-order valence-corrected chi connectivity index (χ3v) is 6.84. The number of nitrogens with zero attached hydrogens (tertiary/aromatic N) is 1. The molecule has 4 rings (SSSR count). The van der Waals surface area contributed by atoms with Gasteiger partial charge in [0, 0.05) is 40.7 Å². The van der Waals surface area contributed by atoms with Crippen molar-refractivity contribution >= 4 is 34.3 Å². The Balaban J connectivity index is 1.91. The number of ether oxygens (including phenoxy) is 1. The van der Waals surface area contributed by atoms with Gasteiger partial charge in [-0.05, 0) is 75.9 Å². The van der Waals surface area contributed by atoms with Gasteiger partial charge in [-0.2, -0.15) is 0 Å². The van der Waals surface area contributed by atoms with E-state index in [1.165, 1.54) is 6.42 Å². The molecule has 5 nitrogen and oxygen atoms in total. The molecule has 1 aromatic heterocycles. The highest BCUT2D eigenvalue weighted by Gasteiger charge is 2.35. The monoisotopic (exact) mass is 467 g/mol. The Labute approximate surface area is 199 Å². The van der Waals surface area contributed by atoms with E-state index < -0.39 is 5.41 Å². The normalized spacial score (nSPS) is 14.3. The first-order chi connectivity index (χ1) is 15.7. The molecular formula is C27H30ClNO4. The summed E-state index contributed by atoms with van der Waals surface area (Å²) in [4.78, 5) is 26.6. The highest BCUT2D eigenvalue weighted by Crippen LogP contribution is 2.38. The molecule has 2 aromatic carbocycles. The average Bonchev–Trinajstić information content (AvgIpc) is 3.02. The summed E-state index contributed by atoms with van der Waals surface area (Å²) in [6.07, 6.45) is 3.83. The predicted octanol–water partition coefficient (Wildman–Crippen LogP) is 6.16. The Kier molecular flexibility index (Phi) is 6.53. The van der Waals surface area contributed by atoms with E-state index in [1.54, 1.807) is 49.4 Å². The van der Waals surface area contributed by atoms with Crippen LogP contribution in [0.5, 0.6) is 5.75 Å². The fourth-order valence-corrected chi connectivity index (χ4v) is 4.66. The number of benzene rings is 2. The van der Waals surface area contributed by atoms with Crippen LogP contribution in [0.15, 0.2) is 42.5 Å². The number of esters is 1. The summed E-state index contributed by atoms with van der Waals surface area (Å²) in [5.41, 5.74) is 1.91. The molecule has 174 valence electrons. The van der Waals surface area contributed by atoms with Gasteiger partial charge in [0.05, 0.1) is 23.1 Å². The highest BCUT2D eigenvalue weighted by molar-refractivity contribution is 6.30. The number of fused-ring (bicyclic) bond motifs is 1. The molecule has 0 unspecified atom stereocenters. The van der Waals surface area contributed by atoms with Crippen molar-refractivity contribution in [3.63, 3.8) is 0 Å². The molecule has 0 spiro atoms. The van der Waals surface area contributed by atoms with Crippen LogP contribution in [0.25, 0.3) is 10.9 Å². The average molecular weight is 468 g/mol. The Bertz CT molecular complexity index is 1190. The van der Waals surface area contributed by atoms with E-state index in [9.17, 15) is 14.7 Å². The zero-order valence-electron chi connectivity index (χ0n) is 19.4. The molecule has 1 aliphatic carbocycles. The van der Waals surface area contributed by atoms with E-state index in [4.69, 9.17) is 16.3 Å². The number of halogens is 1. The van der Waals surface area contributed by atoms with E-state index in [1.807, 2.05) is 13.8 Å². The first kappa shape index (κ1) is 23.4. The highest BCUT2D eigenvalue weighted by atomic mass is 35.5. The van der Waals surface area contributed by atoms with Crippen LogP contribution in [0, 0.1) is 11.3 Å². The van der Waals surface area contributed by atoms with E-state index >= 15 is 0 Å². The molecule has 0 amide bonds. The van der Waals surface area contributed by atoms with E-state index in [0.29, 0.717) is 35.1 Å². The Morgan fingerprint density at radius 2 is 1.85 bits per heavy atom. The first-order valence-electron chi connectivity index (χ1n) is 11.5. The first-order valence-corrected chi connectivity index (χ1v) is 11.9. The Morgan fingerprint density at radius 3 is 2.45 bits per heavy atom. The largest absolute Gasteiger partial charge is 0.508 e. The van der Waals surface area contributed by atoms with E-state index in [2.05, 4.69) is 4.57 Å². The molecule has 33 heavy (non-hydrogen) atoms. The molecule has 0 saturated heterocycles. The third-order valence-electron chi connectivity index (χ3n) is 6.59. The minimum Gasteiger partial charge on any atom is -0.508 e. The summed E-state index contributed by atoms with van der Waals surface area (Å²) in [5, 5.41) is 11.6. The fourth-order valence-electron chi connectivity index (χ4n) is 4.53. The predicted molar refractivity (Wildman–Crippen MR) is 130 cm³/mol. The smallest absolute Gasteiger partial charge is 0.311 e. The number of aromatic hydroxyl groups is 1. The van der Waals surface area contributed by atoms with Crippen LogP contribution in [0.1, 0.15) is 61.6 Å². The minimum absolute atomic E-state index is 0.121. The van der Waals surface area contributed by atoms with Gasteiger partial charge in [0.2, 0.25) is 0 Å². The molecule has 1 heterocycles. The van der Waals surface area contributed by atoms with Crippen molar-refractivity contribution in [3.05, 3.63) is 64.3 Å². The van der Waals surface area contributed by atoms with Crippen LogP contribution in [-0.4, -0.2) is 28.0 Å². The molecule has 0 atom stereocenters. The number of phenols is 1. The van der Waals surface area contributed by atoms with Crippen molar-refractivity contribution in [1.29, 1.82) is 0 Å². The molecule has 0 radical (unpaired) electrons. The lowest BCUT2D eigenvalue weighted by Gasteiger charge is -2.29. The van der Waals surface area contributed by atoms with Crippen LogP contribution < -0.4 is 0 Å². The van der Waals surface area contributed by atoms with Gasteiger partial charge in [0.1, 0.15) is 5.75 Å². The second-order valence-electron chi connectivity index (χ2n) is 9.55. The van der Waals surface area contributed by atoms with Crippen molar-refractivity contribution in [2.24, 2.45) is 11.3 Å². The molecule has 1 saturated carbocycles. The summed E-state index contributed by atoms with van der Waals surface area (Å²) < 4.78 is 7.48. The van der Waals surface area contributed by atoms with Gasteiger partial charge in [-0.25, -0.2) is 0 Å². The molecule has 0 aliphatic heterocycles. The Morgan fingerprint density at radius 1 is 1.15 bits per heavy atom. The summed E-state index contributed by atoms with van der Waals surface area (Å²) in [6.45, 7) is 6.55. The lowest BCUT2D eigenvalue weighted by atomic mass is 9.84. The van der Waals surface area contributed by atoms with E-state index in [-0.39, 0.29) is 17.5 Å². The Hall–Kier alpha value is -2.79. The number of phenolic OH excluding ortho intramolecular Hbond substituents is 1. The van der Waals surface area contributed by atoms with Crippen LogP contribution in [0.2, 0.25) is 5.02 Å². The lowest BCUT2D eigenvalue weighted by Crippen LogP contribution is -2.31. The summed E-state index contributed by atoms with van der Waals surface area (Å²) in [5.74, 6) is 0.255. The maximum atomic E-state index is 13.8. The number of hydrogen-bond acceptors (Lipinski definition) is 4. The van der Waals surface area contributed by atoms with Crippen molar-refractivity contribution in [3.8, 4) is 5.75 Å². The van der Waals surface area contributed by atoms with Gasteiger partial charge in [-0.15, -0.1) is 0 Å². The van der Waals surface area contributed by atoms with Gasteiger partial charge in [-0.1, -0.05) is 18.0 Å².